The number of nitrogen functional groups attached to an aromatic ring is 1. The van der Waals surface area contributed by atoms with Gasteiger partial charge in [-0.1, -0.05) is 17.7 Å². The van der Waals surface area contributed by atoms with Crippen LogP contribution in [0, 0.1) is 11.3 Å². The van der Waals surface area contributed by atoms with Gasteiger partial charge in [-0.25, -0.2) is 4.79 Å². The second-order valence-electron chi connectivity index (χ2n) is 4.00. The number of para-hydroxylation sites is 1. The minimum absolute atomic E-state index is 0.00237. The van der Waals surface area contributed by atoms with E-state index in [9.17, 15) is 4.79 Å². The Morgan fingerprint density at radius 2 is 2.05 bits per heavy atom. The lowest BCUT2D eigenvalue weighted by Crippen LogP contribution is -2.05. The maximum Gasteiger partial charge on any atom is 0.337 e. The Balaban J connectivity index is 2.43. The first-order chi connectivity index (χ1) is 9.52. The summed E-state index contributed by atoms with van der Waals surface area (Å²) in [5.41, 5.74) is 7.25. The highest BCUT2D eigenvalue weighted by molar-refractivity contribution is 6.33. The molecule has 2 aromatic carbocycles. The molecule has 0 atom stereocenters. The summed E-state index contributed by atoms with van der Waals surface area (Å²) in [6.45, 7) is 0. The van der Waals surface area contributed by atoms with Crippen molar-refractivity contribution in [3.63, 3.8) is 0 Å². The van der Waals surface area contributed by atoms with Crippen LogP contribution < -0.4 is 11.1 Å². The molecule has 6 heteroatoms. The van der Waals surface area contributed by atoms with Crippen LogP contribution in [0.4, 0.5) is 17.1 Å². The SMILES string of the molecule is N#Cc1ccc(Cl)c(Nc2cccc(C(=O)O)c2N)c1. The quantitative estimate of drug-likeness (QED) is 0.753. The van der Waals surface area contributed by atoms with E-state index in [4.69, 9.17) is 27.7 Å². The largest absolute Gasteiger partial charge is 0.478 e. The molecular weight excluding hydrogens is 278 g/mol. The van der Waals surface area contributed by atoms with Crippen LogP contribution in [0.25, 0.3) is 0 Å². The molecule has 0 fully saturated rings. The second kappa shape index (κ2) is 5.51. The van der Waals surface area contributed by atoms with E-state index in [1.165, 1.54) is 6.07 Å². The summed E-state index contributed by atoms with van der Waals surface area (Å²) < 4.78 is 0. The molecular formula is C14H10ClN3O2. The summed E-state index contributed by atoms with van der Waals surface area (Å²) in [7, 11) is 0. The number of nitrogens with zero attached hydrogens (tertiary/aromatic N) is 1. The van der Waals surface area contributed by atoms with Gasteiger partial charge in [0.05, 0.1) is 39.3 Å². The maximum atomic E-state index is 11.0. The Morgan fingerprint density at radius 1 is 1.30 bits per heavy atom. The van der Waals surface area contributed by atoms with Crippen LogP contribution in [0.1, 0.15) is 15.9 Å². The van der Waals surface area contributed by atoms with Gasteiger partial charge in [-0.05, 0) is 30.3 Å². The van der Waals surface area contributed by atoms with Gasteiger partial charge in [0.25, 0.3) is 0 Å². The highest BCUT2D eigenvalue weighted by atomic mass is 35.5. The third kappa shape index (κ3) is 2.66. The zero-order chi connectivity index (χ0) is 14.7. The van der Waals surface area contributed by atoms with Crippen LogP contribution in [-0.2, 0) is 0 Å². The van der Waals surface area contributed by atoms with Crippen LogP contribution >= 0.6 is 11.6 Å². The van der Waals surface area contributed by atoms with Crippen molar-refractivity contribution in [2.75, 3.05) is 11.1 Å². The van der Waals surface area contributed by atoms with Gasteiger partial charge >= 0.3 is 5.97 Å². The van der Waals surface area contributed by atoms with E-state index in [-0.39, 0.29) is 11.3 Å². The first-order valence-corrected chi connectivity index (χ1v) is 5.99. The number of rotatable bonds is 3. The number of hydrogen-bond acceptors (Lipinski definition) is 4. The normalized spacial score (nSPS) is 9.80. The number of benzene rings is 2. The van der Waals surface area contributed by atoms with Crippen molar-refractivity contribution in [1.29, 1.82) is 5.26 Å². The average Bonchev–Trinajstić information content (AvgIpc) is 2.43. The van der Waals surface area contributed by atoms with Gasteiger partial charge in [0, 0.05) is 0 Å². The molecule has 100 valence electrons. The molecule has 0 bridgehead atoms. The van der Waals surface area contributed by atoms with E-state index >= 15 is 0 Å². The van der Waals surface area contributed by atoms with E-state index in [0.29, 0.717) is 22.0 Å². The van der Waals surface area contributed by atoms with E-state index in [1.54, 1.807) is 30.3 Å². The summed E-state index contributed by atoms with van der Waals surface area (Å²) in [6, 6.07) is 11.4. The number of carboxylic acid groups (broad SMARTS) is 1. The predicted octanol–water partition coefficient (Wildman–Crippen LogP) is 3.24. The zero-order valence-electron chi connectivity index (χ0n) is 10.2. The zero-order valence-corrected chi connectivity index (χ0v) is 11.0. The molecule has 0 amide bonds. The Kier molecular flexibility index (Phi) is 3.78. The van der Waals surface area contributed by atoms with Crippen molar-refractivity contribution in [2.45, 2.75) is 0 Å². The average molecular weight is 288 g/mol. The maximum absolute atomic E-state index is 11.0. The summed E-state index contributed by atoms with van der Waals surface area (Å²) in [4.78, 5) is 11.0. The number of carbonyl (C=O) groups is 1. The Morgan fingerprint density at radius 3 is 2.70 bits per heavy atom. The van der Waals surface area contributed by atoms with Crippen molar-refractivity contribution in [1.82, 2.24) is 0 Å². The lowest BCUT2D eigenvalue weighted by atomic mass is 10.1. The number of nitrogens with two attached hydrogens (primary N) is 1. The van der Waals surface area contributed by atoms with Crippen LogP contribution in [0.15, 0.2) is 36.4 Å². The van der Waals surface area contributed by atoms with E-state index in [2.05, 4.69) is 5.32 Å². The molecule has 5 nitrogen and oxygen atoms in total. The molecule has 0 saturated carbocycles. The van der Waals surface area contributed by atoms with Gasteiger partial charge in [-0.3, -0.25) is 0 Å². The molecule has 0 aromatic heterocycles. The Hall–Kier alpha value is -2.71. The van der Waals surface area contributed by atoms with Crippen LogP contribution in [-0.4, -0.2) is 11.1 Å². The monoisotopic (exact) mass is 287 g/mol. The lowest BCUT2D eigenvalue weighted by molar-refractivity contribution is 0.0698. The van der Waals surface area contributed by atoms with Gasteiger partial charge in [-0.15, -0.1) is 0 Å². The van der Waals surface area contributed by atoms with Gasteiger partial charge < -0.3 is 16.2 Å². The predicted molar refractivity (Wildman–Crippen MR) is 77.3 cm³/mol. The van der Waals surface area contributed by atoms with Crippen molar-refractivity contribution in [3.8, 4) is 6.07 Å². The molecule has 0 radical (unpaired) electrons. The summed E-state index contributed by atoms with van der Waals surface area (Å²) in [5.74, 6) is -1.11. The molecule has 20 heavy (non-hydrogen) atoms. The van der Waals surface area contributed by atoms with Crippen LogP contribution in [0.2, 0.25) is 5.02 Å². The van der Waals surface area contributed by atoms with E-state index < -0.39 is 5.97 Å². The number of nitrogens with one attached hydrogen (secondary N) is 1. The number of nitriles is 1. The van der Waals surface area contributed by atoms with Gasteiger partial charge in [0.2, 0.25) is 0 Å². The summed E-state index contributed by atoms with van der Waals surface area (Å²) in [6.07, 6.45) is 0. The number of carboxylic acids is 1. The summed E-state index contributed by atoms with van der Waals surface area (Å²) in [5, 5.41) is 21.2. The molecule has 2 rings (SSSR count). The first-order valence-electron chi connectivity index (χ1n) is 5.61. The number of halogens is 1. The molecule has 0 spiro atoms. The fraction of sp³-hybridized carbons (Fsp3) is 0. The number of anilines is 3. The molecule has 0 unspecified atom stereocenters. The minimum atomic E-state index is -1.11. The van der Waals surface area contributed by atoms with Crippen molar-refractivity contribution < 1.29 is 9.90 Å². The lowest BCUT2D eigenvalue weighted by Gasteiger charge is -2.12. The van der Waals surface area contributed by atoms with Crippen molar-refractivity contribution >= 4 is 34.6 Å². The third-order valence-electron chi connectivity index (χ3n) is 2.70. The molecule has 4 N–H and O–H groups in total. The molecule has 0 aliphatic carbocycles. The fourth-order valence-electron chi connectivity index (χ4n) is 1.70. The molecule has 2 aromatic rings. The molecule has 0 heterocycles. The summed E-state index contributed by atoms with van der Waals surface area (Å²) >= 11 is 6.03. The van der Waals surface area contributed by atoms with Gasteiger partial charge in [0.15, 0.2) is 0 Å². The van der Waals surface area contributed by atoms with Crippen molar-refractivity contribution in [2.24, 2.45) is 0 Å². The van der Waals surface area contributed by atoms with Gasteiger partial charge in [-0.2, -0.15) is 5.26 Å². The highest BCUT2D eigenvalue weighted by Gasteiger charge is 2.12. The van der Waals surface area contributed by atoms with Crippen LogP contribution in [0.5, 0.6) is 0 Å². The first kappa shape index (κ1) is 13.7. The van der Waals surface area contributed by atoms with Gasteiger partial charge in [0.1, 0.15) is 0 Å². The second-order valence-corrected chi connectivity index (χ2v) is 4.41. The fourth-order valence-corrected chi connectivity index (χ4v) is 1.86. The topological polar surface area (TPSA) is 99.1 Å². The van der Waals surface area contributed by atoms with E-state index in [0.717, 1.165) is 0 Å². The molecule has 0 aliphatic heterocycles. The minimum Gasteiger partial charge on any atom is -0.478 e. The third-order valence-corrected chi connectivity index (χ3v) is 3.03. The van der Waals surface area contributed by atoms with E-state index in [1.807, 2.05) is 6.07 Å². The molecule has 0 saturated heterocycles. The Labute approximate surface area is 120 Å². The molecule has 0 aliphatic rings. The van der Waals surface area contributed by atoms with Crippen LogP contribution in [0.3, 0.4) is 0 Å². The smallest absolute Gasteiger partial charge is 0.337 e. The standard InChI is InChI=1S/C14H10ClN3O2/c15-10-5-4-8(7-16)6-12(10)18-11-3-1-2-9(13(11)17)14(19)20/h1-6,18H,17H2,(H,19,20). The Bertz CT molecular complexity index is 723. The number of hydrogen-bond donors (Lipinski definition) is 3. The number of aromatic carboxylic acids is 1. The van der Waals surface area contributed by atoms with Crippen molar-refractivity contribution in [3.05, 3.63) is 52.5 Å². The highest BCUT2D eigenvalue weighted by Crippen LogP contribution is 2.30.